The highest BCUT2D eigenvalue weighted by Crippen LogP contribution is 2.24. The molecule has 0 bridgehead atoms. The van der Waals surface area contributed by atoms with Gasteiger partial charge in [-0.3, -0.25) is 9.59 Å². The van der Waals surface area contributed by atoms with Gasteiger partial charge in [0, 0.05) is 37.8 Å². The molecule has 1 heterocycles. The van der Waals surface area contributed by atoms with Crippen LogP contribution in [-0.4, -0.2) is 28.6 Å². The maximum absolute atomic E-state index is 12.8. The molecule has 0 aliphatic rings. The van der Waals surface area contributed by atoms with Crippen LogP contribution in [0.3, 0.4) is 0 Å². The summed E-state index contributed by atoms with van der Waals surface area (Å²) in [5.41, 5.74) is 2.26. The molecule has 0 fully saturated rings. The molecule has 1 N–H and O–H groups in total. The van der Waals surface area contributed by atoms with E-state index in [-0.39, 0.29) is 18.2 Å². The van der Waals surface area contributed by atoms with Crippen molar-refractivity contribution in [3.8, 4) is 0 Å². The lowest BCUT2D eigenvalue weighted by Crippen LogP contribution is -2.25. The number of aromatic nitrogens is 1. The van der Waals surface area contributed by atoms with Crippen molar-refractivity contribution < 1.29 is 14.3 Å². The van der Waals surface area contributed by atoms with Crippen molar-refractivity contribution in [3.05, 3.63) is 64.8 Å². The predicted molar refractivity (Wildman–Crippen MR) is 110 cm³/mol. The number of nitrogens with one attached hydrogen (secondary N) is 1. The maximum atomic E-state index is 12.8. The van der Waals surface area contributed by atoms with Crippen molar-refractivity contribution in [2.75, 3.05) is 5.75 Å². The van der Waals surface area contributed by atoms with Crippen molar-refractivity contribution >= 4 is 46.0 Å². The average molecular weight is 402 g/mol. The normalized spacial score (nSPS) is 12.1. The Kier molecular flexibility index (Phi) is 6.24. The summed E-state index contributed by atoms with van der Waals surface area (Å²) in [6.45, 7) is 3.47. The van der Waals surface area contributed by atoms with Gasteiger partial charge in [0.2, 0.25) is 5.78 Å². The van der Waals surface area contributed by atoms with Crippen LogP contribution in [0.2, 0.25) is 5.02 Å². The number of benzene rings is 2. The largest absolute Gasteiger partial charge is 0.454 e. The van der Waals surface area contributed by atoms with Gasteiger partial charge in [-0.15, -0.1) is 11.8 Å². The Morgan fingerprint density at radius 3 is 2.59 bits per heavy atom. The van der Waals surface area contributed by atoms with Gasteiger partial charge in [-0.1, -0.05) is 29.8 Å². The van der Waals surface area contributed by atoms with Crippen molar-refractivity contribution in [3.63, 3.8) is 0 Å². The molecule has 6 heteroatoms. The van der Waals surface area contributed by atoms with Crippen LogP contribution in [0, 0.1) is 6.92 Å². The third-order valence-electron chi connectivity index (χ3n) is 4.21. The van der Waals surface area contributed by atoms with Crippen LogP contribution in [0.15, 0.2) is 53.4 Å². The fourth-order valence-electron chi connectivity index (χ4n) is 2.89. The van der Waals surface area contributed by atoms with Crippen LogP contribution >= 0.6 is 23.4 Å². The number of rotatable bonds is 7. The van der Waals surface area contributed by atoms with E-state index in [0.717, 1.165) is 21.5 Å². The summed E-state index contributed by atoms with van der Waals surface area (Å²) in [7, 11) is 0. The number of fused-ring (bicyclic) bond motifs is 1. The van der Waals surface area contributed by atoms with Crippen LogP contribution in [0.4, 0.5) is 0 Å². The van der Waals surface area contributed by atoms with E-state index in [1.165, 1.54) is 0 Å². The standard InChI is InChI=1S/C21H20ClNO3S/c1-13-20(17-5-3-4-6-18(17)23-13)21(25)14(2)26-19(24)11-12-27-16-9-7-15(22)8-10-16/h3-10,14,23H,11-12H2,1-2H3/t14-/m0/s1. The zero-order chi connectivity index (χ0) is 19.4. The first-order chi connectivity index (χ1) is 13.0. The number of carbonyl (C=O) groups is 2. The van der Waals surface area contributed by atoms with Crippen LogP contribution in [0.25, 0.3) is 10.9 Å². The van der Waals surface area contributed by atoms with E-state index in [9.17, 15) is 9.59 Å². The molecule has 2 aromatic carbocycles. The van der Waals surface area contributed by atoms with Gasteiger partial charge in [0.05, 0.1) is 6.42 Å². The van der Waals surface area contributed by atoms with E-state index in [4.69, 9.17) is 16.3 Å². The van der Waals surface area contributed by atoms with Gasteiger partial charge in [0.15, 0.2) is 6.10 Å². The Bertz CT molecular complexity index is 965. The number of H-pyrrole nitrogens is 1. The fraction of sp³-hybridized carbons (Fsp3) is 0.238. The smallest absolute Gasteiger partial charge is 0.307 e. The number of para-hydroxylation sites is 1. The molecule has 0 saturated heterocycles. The second-order valence-electron chi connectivity index (χ2n) is 6.22. The van der Waals surface area contributed by atoms with Gasteiger partial charge in [0.1, 0.15) is 0 Å². The Morgan fingerprint density at radius 2 is 1.85 bits per heavy atom. The molecule has 0 spiro atoms. The summed E-state index contributed by atoms with van der Waals surface area (Å²) in [4.78, 5) is 29.1. The van der Waals surface area contributed by atoms with Gasteiger partial charge < -0.3 is 9.72 Å². The van der Waals surface area contributed by atoms with Crippen LogP contribution in [-0.2, 0) is 9.53 Å². The number of carbonyl (C=O) groups excluding carboxylic acids is 2. The quantitative estimate of drug-likeness (QED) is 0.326. The fourth-order valence-corrected chi connectivity index (χ4v) is 3.85. The molecular weight excluding hydrogens is 382 g/mol. The minimum atomic E-state index is -0.823. The van der Waals surface area contributed by atoms with E-state index in [1.54, 1.807) is 18.7 Å². The molecule has 4 nitrogen and oxygen atoms in total. The number of hydrogen-bond acceptors (Lipinski definition) is 4. The number of Topliss-reactive ketones (excluding diaryl/α,β-unsaturated/α-hetero) is 1. The molecule has 1 atom stereocenters. The van der Waals surface area contributed by atoms with Crippen molar-refractivity contribution in [2.45, 2.75) is 31.3 Å². The van der Waals surface area contributed by atoms with Crippen LogP contribution < -0.4 is 0 Å². The van der Waals surface area contributed by atoms with E-state index in [0.29, 0.717) is 16.3 Å². The highest BCUT2D eigenvalue weighted by atomic mass is 35.5. The minimum absolute atomic E-state index is 0.191. The van der Waals surface area contributed by atoms with Gasteiger partial charge >= 0.3 is 5.97 Å². The minimum Gasteiger partial charge on any atom is -0.454 e. The number of ketones is 1. The lowest BCUT2D eigenvalue weighted by atomic mass is 10.0. The van der Waals surface area contributed by atoms with Gasteiger partial charge in [-0.25, -0.2) is 0 Å². The predicted octanol–water partition coefficient (Wildman–Crippen LogP) is 5.43. The van der Waals surface area contributed by atoms with Crippen molar-refractivity contribution in [1.82, 2.24) is 4.98 Å². The van der Waals surface area contributed by atoms with Crippen molar-refractivity contribution in [2.24, 2.45) is 0 Å². The average Bonchev–Trinajstić information content (AvgIpc) is 2.98. The molecule has 0 radical (unpaired) electrons. The highest BCUT2D eigenvalue weighted by Gasteiger charge is 2.24. The van der Waals surface area contributed by atoms with Crippen LogP contribution in [0.1, 0.15) is 29.4 Å². The lowest BCUT2D eigenvalue weighted by Gasteiger charge is -2.12. The zero-order valence-electron chi connectivity index (χ0n) is 15.1. The summed E-state index contributed by atoms with van der Waals surface area (Å²) < 4.78 is 5.36. The molecule has 0 aliphatic heterocycles. The van der Waals surface area contributed by atoms with Gasteiger partial charge in [-0.05, 0) is 44.2 Å². The van der Waals surface area contributed by atoms with E-state index >= 15 is 0 Å². The molecule has 3 aromatic rings. The molecule has 1 aromatic heterocycles. The molecule has 3 rings (SSSR count). The zero-order valence-corrected chi connectivity index (χ0v) is 16.7. The Labute approximate surface area is 167 Å². The molecule has 0 aliphatic carbocycles. The van der Waals surface area contributed by atoms with Gasteiger partial charge in [-0.2, -0.15) is 0 Å². The van der Waals surface area contributed by atoms with E-state index in [2.05, 4.69) is 4.98 Å². The Morgan fingerprint density at radius 1 is 1.15 bits per heavy atom. The first kappa shape index (κ1) is 19.5. The molecule has 0 unspecified atom stereocenters. The summed E-state index contributed by atoms with van der Waals surface area (Å²) >= 11 is 7.40. The summed E-state index contributed by atoms with van der Waals surface area (Å²) in [6.07, 6.45) is -0.589. The van der Waals surface area contributed by atoms with E-state index in [1.807, 2.05) is 55.5 Å². The SMILES string of the molecule is Cc1[nH]c2ccccc2c1C(=O)[C@H](C)OC(=O)CCSc1ccc(Cl)cc1. The number of aryl methyl sites for hydroxylation is 1. The lowest BCUT2D eigenvalue weighted by molar-refractivity contribution is -0.145. The molecule has 140 valence electrons. The monoisotopic (exact) mass is 401 g/mol. The molecule has 0 amide bonds. The molecule has 0 saturated carbocycles. The second-order valence-corrected chi connectivity index (χ2v) is 7.82. The molecular formula is C21H20ClNO3S. The maximum Gasteiger partial charge on any atom is 0.307 e. The van der Waals surface area contributed by atoms with E-state index < -0.39 is 6.10 Å². The third-order valence-corrected chi connectivity index (χ3v) is 5.47. The molecule has 27 heavy (non-hydrogen) atoms. The van der Waals surface area contributed by atoms with Crippen LogP contribution in [0.5, 0.6) is 0 Å². The number of aromatic amines is 1. The first-order valence-electron chi connectivity index (χ1n) is 8.65. The van der Waals surface area contributed by atoms with Gasteiger partial charge in [0.25, 0.3) is 0 Å². The Balaban J connectivity index is 1.56. The first-order valence-corrected chi connectivity index (χ1v) is 10.0. The van der Waals surface area contributed by atoms with Crippen molar-refractivity contribution in [1.29, 1.82) is 0 Å². The number of ether oxygens (including phenoxy) is 1. The number of esters is 1. The Hall–Kier alpha value is -2.24. The topological polar surface area (TPSA) is 59.2 Å². The second kappa shape index (κ2) is 8.63. The summed E-state index contributed by atoms with van der Waals surface area (Å²) in [5, 5.41) is 1.53. The highest BCUT2D eigenvalue weighted by molar-refractivity contribution is 7.99. The number of thioether (sulfide) groups is 1. The summed E-state index contributed by atoms with van der Waals surface area (Å²) in [5.74, 6) is 0.00601. The number of halogens is 1. The number of hydrogen-bond donors (Lipinski definition) is 1. The summed E-state index contributed by atoms with van der Waals surface area (Å²) in [6, 6.07) is 15.0. The third kappa shape index (κ3) is 4.73.